The number of rotatable bonds is 4. The number of nitrogens with one attached hydrogen (secondary N) is 1. The van der Waals surface area contributed by atoms with Crippen molar-refractivity contribution in [1.29, 1.82) is 0 Å². The maximum atomic E-state index is 5.85. The molecule has 2 heterocycles. The van der Waals surface area contributed by atoms with Crippen molar-refractivity contribution < 1.29 is 13.9 Å². The van der Waals surface area contributed by atoms with Crippen LogP contribution in [0.5, 0.6) is 11.5 Å². The molecule has 1 aliphatic rings. The molecule has 3 rings (SSSR count). The molecule has 0 amide bonds. The second kappa shape index (κ2) is 6.13. The van der Waals surface area contributed by atoms with E-state index in [0.717, 1.165) is 37.2 Å². The summed E-state index contributed by atoms with van der Waals surface area (Å²) in [5, 5.41) is 11.7. The highest BCUT2D eigenvalue weighted by molar-refractivity contribution is 5.64. The number of aromatic nitrogens is 2. The van der Waals surface area contributed by atoms with Crippen LogP contribution in [0.15, 0.2) is 22.6 Å². The Labute approximate surface area is 123 Å². The van der Waals surface area contributed by atoms with Crippen molar-refractivity contribution in [3.8, 4) is 23.0 Å². The Bertz CT molecular complexity index is 606. The van der Waals surface area contributed by atoms with Crippen LogP contribution in [0.2, 0.25) is 0 Å². The number of benzene rings is 1. The summed E-state index contributed by atoms with van der Waals surface area (Å²) in [6, 6.07) is 5.54. The molecule has 1 N–H and O–H groups in total. The fourth-order valence-electron chi connectivity index (χ4n) is 2.55. The quantitative estimate of drug-likeness (QED) is 0.930. The summed E-state index contributed by atoms with van der Waals surface area (Å²) in [5.41, 5.74) is 0.783. The minimum absolute atomic E-state index is 0.344. The summed E-state index contributed by atoms with van der Waals surface area (Å²) in [5.74, 6) is 2.94. The van der Waals surface area contributed by atoms with Gasteiger partial charge in [-0.3, -0.25) is 0 Å². The number of hydrogen-bond donors (Lipinski definition) is 1. The molecule has 112 valence electrons. The average molecular weight is 289 g/mol. The normalized spacial score (nSPS) is 15.9. The summed E-state index contributed by atoms with van der Waals surface area (Å²) in [6.07, 6.45) is 2.06. The van der Waals surface area contributed by atoms with E-state index in [1.165, 1.54) is 0 Å². The summed E-state index contributed by atoms with van der Waals surface area (Å²) in [4.78, 5) is 0. The largest absolute Gasteiger partial charge is 0.497 e. The van der Waals surface area contributed by atoms with Gasteiger partial charge in [-0.25, -0.2) is 0 Å². The molecule has 6 heteroatoms. The molecule has 1 fully saturated rings. The molecular weight excluding hydrogens is 270 g/mol. The molecule has 6 nitrogen and oxygen atoms in total. The van der Waals surface area contributed by atoms with Crippen molar-refractivity contribution in [3.05, 3.63) is 24.1 Å². The van der Waals surface area contributed by atoms with Crippen molar-refractivity contribution in [2.75, 3.05) is 27.3 Å². The zero-order chi connectivity index (χ0) is 14.7. The van der Waals surface area contributed by atoms with E-state index in [2.05, 4.69) is 15.5 Å². The molecule has 1 aromatic carbocycles. The average Bonchev–Trinajstić information content (AvgIpc) is 3.04. The first kappa shape index (κ1) is 13.9. The van der Waals surface area contributed by atoms with Gasteiger partial charge in [-0.2, -0.15) is 0 Å². The van der Waals surface area contributed by atoms with E-state index in [0.29, 0.717) is 23.4 Å². The lowest BCUT2D eigenvalue weighted by atomic mass is 9.98. The van der Waals surface area contributed by atoms with E-state index in [9.17, 15) is 0 Å². The van der Waals surface area contributed by atoms with E-state index in [-0.39, 0.29) is 0 Å². The van der Waals surface area contributed by atoms with Gasteiger partial charge in [-0.05, 0) is 38.1 Å². The second-order valence-corrected chi connectivity index (χ2v) is 5.04. The van der Waals surface area contributed by atoms with Crippen molar-refractivity contribution in [2.24, 2.45) is 0 Å². The van der Waals surface area contributed by atoms with Crippen LogP contribution in [0.1, 0.15) is 24.7 Å². The number of nitrogens with zero attached hydrogens (tertiary/aromatic N) is 2. The van der Waals surface area contributed by atoms with Gasteiger partial charge in [0, 0.05) is 12.0 Å². The summed E-state index contributed by atoms with van der Waals surface area (Å²) < 4.78 is 16.4. The van der Waals surface area contributed by atoms with Crippen LogP contribution in [0.3, 0.4) is 0 Å². The van der Waals surface area contributed by atoms with Crippen LogP contribution in [-0.2, 0) is 0 Å². The highest BCUT2D eigenvalue weighted by Crippen LogP contribution is 2.34. The monoisotopic (exact) mass is 289 g/mol. The minimum atomic E-state index is 0.344. The predicted molar refractivity (Wildman–Crippen MR) is 77.7 cm³/mol. The zero-order valence-electron chi connectivity index (χ0n) is 12.3. The Kier molecular flexibility index (Phi) is 4.06. The van der Waals surface area contributed by atoms with Gasteiger partial charge in [0.2, 0.25) is 5.89 Å². The first-order chi connectivity index (χ1) is 10.3. The lowest BCUT2D eigenvalue weighted by molar-refractivity contribution is 0.375. The van der Waals surface area contributed by atoms with E-state index < -0.39 is 0 Å². The molecule has 0 unspecified atom stereocenters. The third-order valence-electron chi connectivity index (χ3n) is 3.77. The number of ether oxygens (including phenoxy) is 2. The Hall–Kier alpha value is -2.08. The van der Waals surface area contributed by atoms with Crippen LogP contribution in [0.4, 0.5) is 0 Å². The fourth-order valence-corrected chi connectivity index (χ4v) is 2.55. The number of hydrogen-bond acceptors (Lipinski definition) is 6. The van der Waals surface area contributed by atoms with Gasteiger partial charge >= 0.3 is 0 Å². The molecule has 1 saturated heterocycles. The smallest absolute Gasteiger partial charge is 0.251 e. The predicted octanol–water partition coefficient (Wildman–Crippen LogP) is 2.22. The molecule has 1 aliphatic heterocycles. The van der Waals surface area contributed by atoms with Gasteiger partial charge < -0.3 is 19.2 Å². The molecule has 21 heavy (non-hydrogen) atoms. The summed E-state index contributed by atoms with van der Waals surface area (Å²) in [6.45, 7) is 1.99. The molecule has 0 aliphatic carbocycles. The number of methoxy groups -OCH3 is 2. The molecule has 0 bridgehead atoms. The molecule has 0 spiro atoms. The minimum Gasteiger partial charge on any atom is -0.497 e. The lowest BCUT2D eigenvalue weighted by Gasteiger charge is -2.18. The number of piperidine rings is 1. The molecule has 2 aromatic rings. The molecule has 0 radical (unpaired) electrons. The van der Waals surface area contributed by atoms with Crippen molar-refractivity contribution in [1.82, 2.24) is 15.5 Å². The highest BCUT2D eigenvalue weighted by atomic mass is 16.5. The van der Waals surface area contributed by atoms with Gasteiger partial charge in [0.1, 0.15) is 11.5 Å². The SMILES string of the molecule is COc1ccc(-c2nnc(C3CCNCC3)o2)c(OC)c1. The van der Waals surface area contributed by atoms with Crippen molar-refractivity contribution in [3.63, 3.8) is 0 Å². The molecule has 1 aromatic heterocycles. The Balaban J connectivity index is 1.88. The summed E-state index contributed by atoms with van der Waals surface area (Å²) >= 11 is 0. The Morgan fingerprint density at radius 2 is 1.95 bits per heavy atom. The zero-order valence-corrected chi connectivity index (χ0v) is 12.3. The van der Waals surface area contributed by atoms with Crippen LogP contribution in [0.25, 0.3) is 11.5 Å². The van der Waals surface area contributed by atoms with Gasteiger partial charge in [0.25, 0.3) is 5.89 Å². The van der Waals surface area contributed by atoms with E-state index in [1.54, 1.807) is 14.2 Å². The first-order valence-corrected chi connectivity index (χ1v) is 7.08. The van der Waals surface area contributed by atoms with E-state index in [4.69, 9.17) is 13.9 Å². The van der Waals surface area contributed by atoms with E-state index in [1.807, 2.05) is 18.2 Å². The third kappa shape index (κ3) is 2.85. The maximum absolute atomic E-state index is 5.85. The highest BCUT2D eigenvalue weighted by Gasteiger charge is 2.22. The van der Waals surface area contributed by atoms with Crippen LogP contribution in [0, 0.1) is 0 Å². The van der Waals surface area contributed by atoms with Gasteiger partial charge in [-0.15, -0.1) is 10.2 Å². The molecule has 0 saturated carbocycles. The van der Waals surface area contributed by atoms with Gasteiger partial charge in [0.15, 0.2) is 0 Å². The standard InChI is InChI=1S/C15H19N3O3/c1-19-11-3-4-12(13(9-11)20-2)15-18-17-14(21-15)10-5-7-16-8-6-10/h3-4,9-10,16H,5-8H2,1-2H3. The van der Waals surface area contributed by atoms with Gasteiger partial charge in [-0.1, -0.05) is 0 Å². The Morgan fingerprint density at radius 1 is 1.14 bits per heavy atom. The Morgan fingerprint density at radius 3 is 2.67 bits per heavy atom. The third-order valence-corrected chi connectivity index (χ3v) is 3.77. The molecular formula is C15H19N3O3. The van der Waals surface area contributed by atoms with E-state index >= 15 is 0 Å². The lowest BCUT2D eigenvalue weighted by Crippen LogP contribution is -2.26. The maximum Gasteiger partial charge on any atom is 0.251 e. The summed E-state index contributed by atoms with van der Waals surface area (Å²) in [7, 11) is 3.23. The second-order valence-electron chi connectivity index (χ2n) is 5.04. The topological polar surface area (TPSA) is 69.4 Å². The van der Waals surface area contributed by atoms with Crippen molar-refractivity contribution >= 4 is 0 Å². The van der Waals surface area contributed by atoms with Crippen molar-refractivity contribution in [2.45, 2.75) is 18.8 Å². The molecule has 0 atom stereocenters. The van der Waals surface area contributed by atoms with Crippen LogP contribution >= 0.6 is 0 Å². The first-order valence-electron chi connectivity index (χ1n) is 7.08. The fraction of sp³-hybridized carbons (Fsp3) is 0.467. The van der Waals surface area contributed by atoms with Gasteiger partial charge in [0.05, 0.1) is 19.8 Å². The van der Waals surface area contributed by atoms with Crippen LogP contribution in [-0.4, -0.2) is 37.5 Å². The van der Waals surface area contributed by atoms with Crippen LogP contribution < -0.4 is 14.8 Å².